The lowest BCUT2D eigenvalue weighted by molar-refractivity contribution is -0.132. The van der Waals surface area contributed by atoms with Gasteiger partial charge in [0.1, 0.15) is 11.6 Å². The van der Waals surface area contributed by atoms with Crippen molar-refractivity contribution in [3.05, 3.63) is 166 Å². The van der Waals surface area contributed by atoms with Crippen molar-refractivity contribution in [3.8, 4) is 48.5 Å². The molecule has 0 amide bonds. The molecule has 0 bridgehead atoms. The molecular formula is C52H36N2O2S4. The molecule has 60 heavy (non-hydrogen) atoms. The molecule has 2 aliphatic rings. The monoisotopic (exact) mass is 848 g/mol. The quantitative estimate of drug-likeness (QED) is 0.128. The number of thiophene rings is 4. The first-order chi connectivity index (χ1) is 29.0. The zero-order chi connectivity index (χ0) is 41.1. The summed E-state index contributed by atoms with van der Waals surface area (Å²) in [5.41, 5.74) is 14.9. The summed E-state index contributed by atoms with van der Waals surface area (Å²) in [7, 11) is 0. The van der Waals surface area contributed by atoms with Crippen molar-refractivity contribution in [2.75, 3.05) is 4.90 Å². The molecule has 9 aromatic rings. The first-order valence-corrected chi connectivity index (χ1v) is 23.1. The van der Waals surface area contributed by atoms with Crippen LogP contribution < -0.4 is 4.90 Å². The van der Waals surface area contributed by atoms with Crippen LogP contribution in [-0.2, 0) is 15.6 Å². The molecule has 4 aromatic heterocycles. The van der Waals surface area contributed by atoms with Crippen LogP contribution in [0.2, 0.25) is 0 Å². The van der Waals surface area contributed by atoms with Crippen LogP contribution in [0.3, 0.4) is 0 Å². The van der Waals surface area contributed by atoms with Gasteiger partial charge < -0.3 is 10.0 Å². The molecule has 4 nitrogen and oxygen atoms in total. The van der Waals surface area contributed by atoms with E-state index >= 15 is 0 Å². The van der Waals surface area contributed by atoms with Gasteiger partial charge in [-0.2, -0.15) is 5.26 Å². The van der Waals surface area contributed by atoms with Gasteiger partial charge in [0.15, 0.2) is 0 Å². The molecule has 290 valence electrons. The van der Waals surface area contributed by atoms with Crippen LogP contribution in [0, 0.1) is 11.3 Å². The number of hydrogen-bond acceptors (Lipinski definition) is 7. The molecule has 0 atom stereocenters. The van der Waals surface area contributed by atoms with Crippen molar-refractivity contribution in [1.82, 2.24) is 0 Å². The van der Waals surface area contributed by atoms with Crippen molar-refractivity contribution in [3.63, 3.8) is 0 Å². The van der Waals surface area contributed by atoms with E-state index in [4.69, 9.17) is 0 Å². The summed E-state index contributed by atoms with van der Waals surface area (Å²) in [5, 5.41) is 18.4. The van der Waals surface area contributed by atoms with E-state index in [1.54, 1.807) is 28.7 Å². The second-order valence-corrected chi connectivity index (χ2v) is 21.0. The maximum atomic E-state index is 11.3. The topological polar surface area (TPSA) is 64.3 Å². The summed E-state index contributed by atoms with van der Waals surface area (Å²) in [6.45, 7) is 9.39. The number of aliphatic carboxylic acids is 1. The molecule has 2 aliphatic carbocycles. The van der Waals surface area contributed by atoms with E-state index in [2.05, 4.69) is 160 Å². The lowest BCUT2D eigenvalue weighted by Gasteiger charge is -2.30. The molecule has 0 spiro atoms. The number of hydrogen-bond donors (Lipinski definition) is 1. The van der Waals surface area contributed by atoms with Gasteiger partial charge in [-0.1, -0.05) is 100 Å². The predicted octanol–water partition coefficient (Wildman–Crippen LogP) is 15.6. The Bertz CT molecular complexity index is 3160. The van der Waals surface area contributed by atoms with Gasteiger partial charge in [0.05, 0.1) is 0 Å². The Morgan fingerprint density at radius 3 is 1.52 bits per heavy atom. The highest BCUT2D eigenvalue weighted by Gasteiger charge is 2.37. The first-order valence-electron chi connectivity index (χ1n) is 19.8. The minimum Gasteiger partial charge on any atom is -0.477 e. The first kappa shape index (κ1) is 37.0. The van der Waals surface area contributed by atoms with Crippen molar-refractivity contribution in [1.29, 1.82) is 5.26 Å². The molecule has 5 aromatic carbocycles. The van der Waals surface area contributed by atoms with Crippen LogP contribution in [0.4, 0.5) is 17.1 Å². The zero-order valence-electron chi connectivity index (χ0n) is 33.2. The number of rotatable bonds is 7. The summed E-state index contributed by atoms with van der Waals surface area (Å²) >= 11 is 6.84. The zero-order valence-corrected chi connectivity index (χ0v) is 36.4. The minimum absolute atomic E-state index is 0.113. The predicted molar refractivity (Wildman–Crippen MR) is 255 cm³/mol. The Balaban J connectivity index is 0.941. The van der Waals surface area contributed by atoms with E-state index in [1.165, 1.54) is 91.5 Å². The Morgan fingerprint density at radius 2 is 1.00 bits per heavy atom. The third kappa shape index (κ3) is 5.68. The number of benzene rings is 5. The molecule has 1 N–H and O–H groups in total. The third-order valence-corrected chi connectivity index (χ3v) is 17.2. The van der Waals surface area contributed by atoms with Crippen molar-refractivity contribution >= 4 is 93.3 Å². The van der Waals surface area contributed by atoms with E-state index in [9.17, 15) is 15.2 Å². The number of nitriles is 1. The number of fused-ring (bicyclic) bond motifs is 8. The highest BCUT2D eigenvalue weighted by atomic mass is 32.1. The second-order valence-electron chi connectivity index (χ2n) is 16.6. The number of carbonyl (C=O) groups is 1. The lowest BCUT2D eigenvalue weighted by Crippen LogP contribution is -2.18. The number of carboxylic acids is 1. The molecule has 0 radical (unpaired) electrons. The van der Waals surface area contributed by atoms with Gasteiger partial charge in [0.25, 0.3) is 0 Å². The average Bonchev–Trinajstić information content (AvgIpc) is 4.08. The van der Waals surface area contributed by atoms with Gasteiger partial charge in [-0.3, -0.25) is 0 Å². The summed E-state index contributed by atoms with van der Waals surface area (Å²) in [4.78, 5) is 18.2. The highest BCUT2D eigenvalue weighted by Crippen LogP contribution is 2.53. The molecule has 11 rings (SSSR count). The molecule has 0 fully saturated rings. The summed E-state index contributed by atoms with van der Waals surface area (Å²) < 4.78 is 4.72. The van der Waals surface area contributed by atoms with Gasteiger partial charge in [0.2, 0.25) is 0 Å². The fraction of sp³-hybridized carbons (Fsp3) is 0.115. The SMILES string of the molecule is CC1(C)c2ccccc2-c2ccc(N(c3ccc(-c4cc5sc(-c6cc7sc(/C=C(/C#N)C(=O)O)cc7s6)cc5s4)cc3)c3ccc4c(c3)C(C)(C)c3ccccc3-4)cc21. The van der Waals surface area contributed by atoms with E-state index in [-0.39, 0.29) is 16.4 Å². The van der Waals surface area contributed by atoms with Gasteiger partial charge in [-0.25, -0.2) is 4.79 Å². The number of anilines is 3. The van der Waals surface area contributed by atoms with Gasteiger partial charge in [-0.15, -0.1) is 45.3 Å². The Labute approximate surface area is 364 Å². The van der Waals surface area contributed by atoms with E-state index in [1.807, 2.05) is 17.4 Å². The molecular weight excluding hydrogens is 813 g/mol. The molecule has 0 saturated carbocycles. The van der Waals surface area contributed by atoms with Crippen molar-refractivity contribution < 1.29 is 9.90 Å². The standard InChI is InChI=1S/C52H36N2O2S4/c1-51(2)39-11-7-5-9-35(39)37-19-17-32(22-41(37)51)54(33-18-20-38-36-10-6-8-12-40(36)52(3,4)42(38)23-33)31-15-13-29(14-16-31)43-25-46-47(58-43)27-49(60-46)48-26-45-44(59-48)24-34(57-45)21-30(28-53)50(55)56/h5-27H,1-4H3,(H,55,56)/b30-21-. The minimum atomic E-state index is -1.21. The third-order valence-electron chi connectivity index (χ3n) is 12.4. The molecule has 0 unspecified atom stereocenters. The number of nitrogens with zero attached hydrogens (tertiary/aromatic N) is 2. The normalized spacial score (nSPS) is 14.5. The van der Waals surface area contributed by atoms with E-state index in [0.717, 1.165) is 31.3 Å². The fourth-order valence-electron chi connectivity index (χ4n) is 9.32. The van der Waals surface area contributed by atoms with Crippen LogP contribution in [0.25, 0.3) is 67.3 Å². The summed E-state index contributed by atoms with van der Waals surface area (Å²) in [5.74, 6) is -1.21. The highest BCUT2D eigenvalue weighted by molar-refractivity contribution is 7.34. The van der Waals surface area contributed by atoms with Crippen LogP contribution in [-0.4, -0.2) is 11.1 Å². The largest absolute Gasteiger partial charge is 0.477 e. The molecule has 0 saturated heterocycles. The van der Waals surface area contributed by atoms with Crippen molar-refractivity contribution in [2.45, 2.75) is 38.5 Å². The summed E-state index contributed by atoms with van der Waals surface area (Å²) in [6, 6.07) is 51.3. The Hall–Kier alpha value is -6.08. The molecule has 0 aliphatic heterocycles. The Kier molecular flexibility index (Phi) is 8.30. The maximum Gasteiger partial charge on any atom is 0.346 e. The smallest absolute Gasteiger partial charge is 0.346 e. The molecule has 8 heteroatoms. The van der Waals surface area contributed by atoms with Gasteiger partial charge in [-0.05, 0) is 117 Å². The van der Waals surface area contributed by atoms with Gasteiger partial charge >= 0.3 is 5.97 Å². The summed E-state index contributed by atoms with van der Waals surface area (Å²) in [6.07, 6.45) is 1.45. The second kappa shape index (κ2) is 13.5. The van der Waals surface area contributed by atoms with Crippen molar-refractivity contribution in [2.24, 2.45) is 0 Å². The van der Waals surface area contributed by atoms with Crippen LogP contribution in [0.1, 0.15) is 54.8 Å². The average molecular weight is 849 g/mol. The fourth-order valence-corrected chi connectivity index (χ4v) is 14.1. The molecule has 4 heterocycles. The van der Waals surface area contributed by atoms with Crippen LogP contribution in [0.5, 0.6) is 0 Å². The number of carboxylic acid groups (broad SMARTS) is 1. The van der Waals surface area contributed by atoms with E-state index in [0.29, 0.717) is 0 Å². The maximum absolute atomic E-state index is 11.3. The lowest BCUT2D eigenvalue weighted by atomic mass is 9.82. The van der Waals surface area contributed by atoms with Gasteiger partial charge in [0, 0.05) is 66.2 Å². The Morgan fingerprint density at radius 1 is 0.550 bits per heavy atom. The van der Waals surface area contributed by atoms with Crippen LogP contribution in [0.15, 0.2) is 139 Å². The van der Waals surface area contributed by atoms with Crippen LogP contribution >= 0.6 is 45.3 Å². The van der Waals surface area contributed by atoms with E-state index < -0.39 is 5.97 Å².